The minimum atomic E-state index is -0.520. The second-order valence-corrected chi connectivity index (χ2v) is 2.64. The number of halogens is 2. The van der Waals surface area contributed by atoms with Crippen molar-refractivity contribution in [3.05, 3.63) is 34.1 Å². The quantitative estimate of drug-likeness (QED) is 0.724. The molecule has 0 amide bonds. The van der Waals surface area contributed by atoms with Crippen LogP contribution in [0.1, 0.15) is 11.1 Å². The molecule has 62 valence electrons. The van der Waals surface area contributed by atoms with E-state index < -0.39 is 5.82 Å². The van der Waals surface area contributed by atoms with Gasteiger partial charge in [-0.1, -0.05) is 11.6 Å². The predicted molar refractivity (Wildman–Crippen MR) is 44.0 cm³/mol. The highest BCUT2D eigenvalue weighted by Crippen LogP contribution is 2.20. The molecule has 0 unspecified atom stereocenters. The van der Waals surface area contributed by atoms with Crippen LogP contribution in [0.4, 0.5) is 4.39 Å². The van der Waals surface area contributed by atoms with Crippen LogP contribution in [0, 0.1) is 17.1 Å². The Hall–Kier alpha value is -1.11. The van der Waals surface area contributed by atoms with Crippen molar-refractivity contribution in [1.29, 1.82) is 5.26 Å². The first-order valence-corrected chi connectivity index (χ1v) is 3.65. The zero-order valence-corrected chi connectivity index (χ0v) is 6.90. The Morgan fingerprint density at radius 3 is 2.75 bits per heavy atom. The summed E-state index contributed by atoms with van der Waals surface area (Å²) in [7, 11) is 0. The van der Waals surface area contributed by atoms with Crippen molar-refractivity contribution in [2.24, 2.45) is 5.73 Å². The largest absolute Gasteiger partial charge is 0.326 e. The third kappa shape index (κ3) is 1.55. The molecule has 1 rings (SSSR count). The van der Waals surface area contributed by atoms with Gasteiger partial charge in [-0.3, -0.25) is 0 Å². The van der Waals surface area contributed by atoms with E-state index in [1.807, 2.05) is 6.07 Å². The fourth-order valence-electron chi connectivity index (χ4n) is 0.911. The van der Waals surface area contributed by atoms with Crippen molar-refractivity contribution in [1.82, 2.24) is 0 Å². The maximum atomic E-state index is 12.7. The van der Waals surface area contributed by atoms with Gasteiger partial charge in [0.25, 0.3) is 0 Å². The van der Waals surface area contributed by atoms with Crippen molar-refractivity contribution in [2.75, 3.05) is 0 Å². The van der Waals surface area contributed by atoms with Gasteiger partial charge in [0.15, 0.2) is 0 Å². The van der Waals surface area contributed by atoms with Gasteiger partial charge in [0.1, 0.15) is 5.82 Å². The molecule has 0 aliphatic rings. The van der Waals surface area contributed by atoms with Crippen molar-refractivity contribution in [2.45, 2.75) is 6.54 Å². The van der Waals surface area contributed by atoms with E-state index in [2.05, 4.69) is 0 Å². The van der Waals surface area contributed by atoms with Crippen molar-refractivity contribution >= 4 is 11.6 Å². The molecule has 0 saturated carbocycles. The van der Waals surface area contributed by atoms with Crippen LogP contribution in [0.15, 0.2) is 12.1 Å². The van der Waals surface area contributed by atoms with Crippen LogP contribution < -0.4 is 5.73 Å². The summed E-state index contributed by atoms with van der Waals surface area (Å²) in [5, 5.41) is 8.77. The lowest BCUT2D eigenvalue weighted by molar-refractivity contribution is 0.626. The smallest absolute Gasteiger partial charge is 0.126 e. The summed E-state index contributed by atoms with van der Waals surface area (Å²) in [4.78, 5) is 0. The van der Waals surface area contributed by atoms with Crippen molar-refractivity contribution < 1.29 is 4.39 Å². The minimum absolute atomic E-state index is 0.141. The molecule has 0 spiro atoms. The van der Waals surface area contributed by atoms with E-state index in [1.165, 1.54) is 0 Å². The lowest BCUT2D eigenvalue weighted by Crippen LogP contribution is -2.01. The number of hydrogen-bond donors (Lipinski definition) is 1. The molecule has 12 heavy (non-hydrogen) atoms. The first kappa shape index (κ1) is 8.98. The van der Waals surface area contributed by atoms with E-state index in [0.717, 1.165) is 12.1 Å². The highest BCUT2D eigenvalue weighted by molar-refractivity contribution is 6.31. The Balaban J connectivity index is 3.36. The van der Waals surface area contributed by atoms with Crippen molar-refractivity contribution in [3.8, 4) is 6.07 Å². The minimum Gasteiger partial charge on any atom is -0.326 e. The van der Waals surface area contributed by atoms with E-state index in [9.17, 15) is 4.39 Å². The Bertz CT molecular complexity index is 344. The molecule has 0 atom stereocenters. The van der Waals surface area contributed by atoms with Crippen LogP contribution in [0.5, 0.6) is 0 Å². The molecule has 0 saturated heterocycles. The van der Waals surface area contributed by atoms with Crippen LogP contribution in [0.2, 0.25) is 5.02 Å². The first-order valence-electron chi connectivity index (χ1n) is 3.27. The van der Waals surface area contributed by atoms with Gasteiger partial charge in [-0.25, -0.2) is 4.39 Å². The topological polar surface area (TPSA) is 49.8 Å². The van der Waals surface area contributed by atoms with Gasteiger partial charge in [-0.2, -0.15) is 5.26 Å². The second-order valence-electron chi connectivity index (χ2n) is 2.23. The van der Waals surface area contributed by atoms with E-state index in [1.54, 1.807) is 0 Å². The lowest BCUT2D eigenvalue weighted by atomic mass is 10.1. The van der Waals surface area contributed by atoms with Gasteiger partial charge in [0, 0.05) is 17.1 Å². The van der Waals surface area contributed by atoms with E-state index in [4.69, 9.17) is 22.6 Å². The van der Waals surface area contributed by atoms with Crippen LogP contribution >= 0.6 is 11.6 Å². The number of benzene rings is 1. The molecule has 0 aromatic heterocycles. The molecule has 1 aromatic carbocycles. The third-order valence-corrected chi connectivity index (χ3v) is 1.82. The zero-order chi connectivity index (χ0) is 9.14. The summed E-state index contributed by atoms with van der Waals surface area (Å²) in [6, 6.07) is 4.09. The summed E-state index contributed by atoms with van der Waals surface area (Å²) >= 11 is 5.64. The fourth-order valence-corrected chi connectivity index (χ4v) is 1.19. The highest BCUT2D eigenvalue weighted by Gasteiger charge is 2.07. The van der Waals surface area contributed by atoms with E-state index in [0.29, 0.717) is 5.56 Å². The molecule has 0 heterocycles. The third-order valence-electron chi connectivity index (χ3n) is 1.48. The van der Waals surface area contributed by atoms with Crippen LogP contribution in [0.3, 0.4) is 0 Å². The van der Waals surface area contributed by atoms with Gasteiger partial charge in [-0.15, -0.1) is 0 Å². The first-order chi connectivity index (χ1) is 5.69. The summed E-state index contributed by atoms with van der Waals surface area (Å²) in [6.07, 6.45) is 0. The Labute approximate surface area is 74.4 Å². The molecule has 2 N–H and O–H groups in total. The molecule has 2 nitrogen and oxygen atoms in total. The van der Waals surface area contributed by atoms with Crippen LogP contribution in [0.25, 0.3) is 0 Å². The van der Waals surface area contributed by atoms with Gasteiger partial charge >= 0.3 is 0 Å². The monoisotopic (exact) mass is 184 g/mol. The van der Waals surface area contributed by atoms with E-state index >= 15 is 0 Å². The maximum absolute atomic E-state index is 12.7. The zero-order valence-electron chi connectivity index (χ0n) is 6.14. The number of rotatable bonds is 1. The number of hydrogen-bond acceptors (Lipinski definition) is 2. The second kappa shape index (κ2) is 3.53. The molecule has 0 aliphatic heterocycles. The van der Waals surface area contributed by atoms with Gasteiger partial charge in [0.05, 0.1) is 11.6 Å². The summed E-state index contributed by atoms with van der Waals surface area (Å²) in [6.45, 7) is 0.141. The molecule has 1 aromatic rings. The molecule has 0 aliphatic carbocycles. The number of nitrogens with two attached hydrogens (primary N) is 1. The molecule has 0 radical (unpaired) electrons. The lowest BCUT2D eigenvalue weighted by Gasteiger charge is -2.02. The molecule has 4 heteroatoms. The molecular weight excluding hydrogens is 179 g/mol. The predicted octanol–water partition coefficient (Wildman–Crippen LogP) is 1.81. The summed E-state index contributed by atoms with van der Waals surface area (Å²) < 4.78 is 12.7. The molecule has 0 bridgehead atoms. The highest BCUT2D eigenvalue weighted by atomic mass is 35.5. The average Bonchev–Trinajstić information content (AvgIpc) is 2.03. The Morgan fingerprint density at radius 1 is 1.58 bits per heavy atom. The summed E-state index contributed by atoms with van der Waals surface area (Å²) in [5.41, 5.74) is 6.00. The number of nitriles is 1. The van der Waals surface area contributed by atoms with Gasteiger partial charge < -0.3 is 5.73 Å². The number of nitrogens with zero attached hydrogens (tertiary/aromatic N) is 1. The van der Waals surface area contributed by atoms with Gasteiger partial charge in [0.2, 0.25) is 0 Å². The van der Waals surface area contributed by atoms with Crippen LogP contribution in [-0.2, 0) is 6.54 Å². The Kier molecular flexibility index (Phi) is 2.64. The Morgan fingerprint density at radius 2 is 2.25 bits per heavy atom. The summed E-state index contributed by atoms with van der Waals surface area (Å²) in [5.74, 6) is -0.520. The van der Waals surface area contributed by atoms with Crippen molar-refractivity contribution in [3.63, 3.8) is 0 Å². The van der Waals surface area contributed by atoms with E-state index in [-0.39, 0.29) is 17.1 Å². The standard InChI is InChI=1S/C8H6ClFN2/c9-8-2-6(10)1-5(3-11)7(8)4-12/h1-2H,4,12H2. The SMILES string of the molecule is N#Cc1cc(F)cc(Cl)c1CN. The molecular formula is C8H6ClFN2. The normalized spacial score (nSPS) is 9.50. The fraction of sp³-hybridized carbons (Fsp3) is 0.125. The average molecular weight is 185 g/mol. The van der Waals surface area contributed by atoms with Crippen LogP contribution in [-0.4, -0.2) is 0 Å². The maximum Gasteiger partial charge on any atom is 0.126 e. The van der Waals surface area contributed by atoms with Gasteiger partial charge in [-0.05, 0) is 12.1 Å². The molecule has 0 fully saturated rings.